The van der Waals surface area contributed by atoms with Crippen molar-refractivity contribution >= 4 is 5.91 Å². The Balaban J connectivity index is 1.43. The zero-order valence-corrected chi connectivity index (χ0v) is 21.6. The Hall–Kier alpha value is -2.93. The van der Waals surface area contributed by atoms with Gasteiger partial charge in [-0.1, -0.05) is 6.07 Å². The van der Waals surface area contributed by atoms with Crippen LogP contribution in [0.1, 0.15) is 36.5 Å². The zero-order valence-electron chi connectivity index (χ0n) is 21.6. The second-order valence-corrected chi connectivity index (χ2v) is 9.42. The quantitative estimate of drug-likeness (QED) is 0.543. The van der Waals surface area contributed by atoms with Crippen LogP contribution in [0, 0.1) is 0 Å². The van der Waals surface area contributed by atoms with Gasteiger partial charge in [0.05, 0.1) is 34.9 Å². The molecule has 0 spiro atoms. The lowest BCUT2D eigenvalue weighted by Crippen LogP contribution is -2.50. The molecule has 2 aliphatic heterocycles. The Morgan fingerprint density at radius 2 is 1.54 bits per heavy atom. The third-order valence-corrected chi connectivity index (χ3v) is 7.59. The van der Waals surface area contributed by atoms with Crippen LogP contribution in [0.25, 0.3) is 0 Å². The zero-order chi connectivity index (χ0) is 24.9. The van der Waals surface area contributed by atoms with E-state index in [1.165, 1.54) is 11.1 Å². The molecule has 2 aliphatic rings. The van der Waals surface area contributed by atoms with E-state index in [1.54, 1.807) is 28.4 Å². The predicted octanol–water partition coefficient (Wildman–Crippen LogP) is 3.74. The van der Waals surface area contributed by atoms with Gasteiger partial charge in [-0.05, 0) is 80.1 Å². The molecule has 4 rings (SSSR count). The van der Waals surface area contributed by atoms with E-state index in [4.69, 9.17) is 18.9 Å². The molecular formula is C28H38N2O5. The minimum atomic E-state index is 0.161. The summed E-state index contributed by atoms with van der Waals surface area (Å²) in [5, 5.41) is 0. The first kappa shape index (κ1) is 25.2. The molecule has 2 heterocycles. The summed E-state index contributed by atoms with van der Waals surface area (Å²) < 4.78 is 21.8. The maximum atomic E-state index is 13.4. The maximum absolute atomic E-state index is 13.4. The minimum Gasteiger partial charge on any atom is -0.493 e. The van der Waals surface area contributed by atoms with E-state index in [2.05, 4.69) is 28.9 Å². The van der Waals surface area contributed by atoms with E-state index in [-0.39, 0.29) is 11.9 Å². The van der Waals surface area contributed by atoms with Crippen molar-refractivity contribution in [1.29, 1.82) is 0 Å². The average Bonchev–Trinajstić information content (AvgIpc) is 3.29. The number of carbonyl (C=O) groups is 1. The van der Waals surface area contributed by atoms with E-state index < -0.39 is 0 Å². The Bertz CT molecular complexity index is 1040. The number of likely N-dealkylation sites (tertiary alicyclic amines) is 1. The van der Waals surface area contributed by atoms with E-state index in [9.17, 15) is 4.79 Å². The molecule has 2 atom stereocenters. The smallest absolute Gasteiger partial charge is 0.227 e. The van der Waals surface area contributed by atoms with Crippen molar-refractivity contribution in [3.05, 3.63) is 47.0 Å². The van der Waals surface area contributed by atoms with Gasteiger partial charge in [0.15, 0.2) is 23.0 Å². The van der Waals surface area contributed by atoms with Gasteiger partial charge in [0, 0.05) is 25.2 Å². The number of methoxy groups -OCH3 is 4. The lowest BCUT2D eigenvalue weighted by atomic mass is 10.0. The summed E-state index contributed by atoms with van der Waals surface area (Å²) in [6.45, 7) is 4.97. The molecule has 2 aromatic carbocycles. The van der Waals surface area contributed by atoms with Crippen LogP contribution < -0.4 is 18.9 Å². The van der Waals surface area contributed by atoms with E-state index in [0.29, 0.717) is 18.2 Å². The molecule has 2 aromatic rings. The molecule has 7 nitrogen and oxygen atoms in total. The second kappa shape index (κ2) is 11.2. The molecule has 1 fully saturated rings. The highest BCUT2D eigenvalue weighted by atomic mass is 16.5. The third-order valence-electron chi connectivity index (χ3n) is 7.59. The molecule has 0 saturated carbocycles. The molecule has 0 radical (unpaired) electrons. The van der Waals surface area contributed by atoms with Crippen molar-refractivity contribution < 1.29 is 23.7 Å². The van der Waals surface area contributed by atoms with Gasteiger partial charge in [0.25, 0.3) is 0 Å². The van der Waals surface area contributed by atoms with Gasteiger partial charge >= 0.3 is 0 Å². The van der Waals surface area contributed by atoms with Crippen LogP contribution in [0.2, 0.25) is 0 Å². The van der Waals surface area contributed by atoms with Crippen molar-refractivity contribution in [2.75, 3.05) is 48.1 Å². The number of benzene rings is 2. The first-order valence-corrected chi connectivity index (χ1v) is 12.5. The number of rotatable bonds is 9. The summed E-state index contributed by atoms with van der Waals surface area (Å²) in [5.41, 5.74) is 3.44. The number of ether oxygens (including phenoxy) is 4. The maximum Gasteiger partial charge on any atom is 0.227 e. The van der Waals surface area contributed by atoms with E-state index >= 15 is 0 Å². The van der Waals surface area contributed by atoms with Gasteiger partial charge in [-0.25, -0.2) is 0 Å². The van der Waals surface area contributed by atoms with Crippen LogP contribution in [0.4, 0.5) is 0 Å². The van der Waals surface area contributed by atoms with Crippen molar-refractivity contribution in [1.82, 2.24) is 9.80 Å². The van der Waals surface area contributed by atoms with Crippen LogP contribution in [0.15, 0.2) is 30.3 Å². The Morgan fingerprint density at radius 3 is 2.23 bits per heavy atom. The van der Waals surface area contributed by atoms with Crippen LogP contribution in [-0.4, -0.2) is 75.9 Å². The molecule has 7 heteroatoms. The molecular weight excluding hydrogens is 444 g/mol. The fourth-order valence-corrected chi connectivity index (χ4v) is 5.61. The van der Waals surface area contributed by atoms with E-state index in [0.717, 1.165) is 68.1 Å². The van der Waals surface area contributed by atoms with Gasteiger partial charge in [-0.2, -0.15) is 0 Å². The molecule has 35 heavy (non-hydrogen) atoms. The summed E-state index contributed by atoms with van der Waals surface area (Å²) >= 11 is 0. The molecule has 0 bridgehead atoms. The van der Waals surface area contributed by atoms with Gasteiger partial charge in [0.1, 0.15) is 0 Å². The first-order valence-electron chi connectivity index (χ1n) is 12.5. The van der Waals surface area contributed by atoms with Crippen molar-refractivity contribution in [2.45, 2.75) is 51.1 Å². The van der Waals surface area contributed by atoms with Crippen LogP contribution in [-0.2, 0) is 24.1 Å². The molecule has 0 aromatic heterocycles. The highest BCUT2D eigenvalue weighted by molar-refractivity contribution is 5.80. The van der Waals surface area contributed by atoms with Crippen molar-refractivity contribution in [3.63, 3.8) is 0 Å². The molecule has 190 valence electrons. The minimum absolute atomic E-state index is 0.161. The largest absolute Gasteiger partial charge is 0.493 e. The summed E-state index contributed by atoms with van der Waals surface area (Å²) in [7, 11) is 6.61. The number of hydrogen-bond acceptors (Lipinski definition) is 6. The fraction of sp³-hybridized carbons (Fsp3) is 0.536. The average molecular weight is 483 g/mol. The van der Waals surface area contributed by atoms with Crippen LogP contribution in [0.3, 0.4) is 0 Å². The van der Waals surface area contributed by atoms with Crippen LogP contribution in [0.5, 0.6) is 23.0 Å². The lowest BCUT2D eigenvalue weighted by molar-refractivity contribution is -0.133. The van der Waals surface area contributed by atoms with E-state index in [1.807, 2.05) is 18.2 Å². The monoisotopic (exact) mass is 482 g/mol. The molecule has 1 amide bonds. The Kier molecular flexibility index (Phi) is 8.06. The number of hydrogen-bond donors (Lipinski definition) is 0. The summed E-state index contributed by atoms with van der Waals surface area (Å²) in [4.78, 5) is 18.0. The second-order valence-electron chi connectivity index (χ2n) is 9.42. The highest BCUT2D eigenvalue weighted by Gasteiger charge is 2.35. The number of amides is 1. The predicted molar refractivity (Wildman–Crippen MR) is 136 cm³/mol. The SMILES string of the molecule is COc1ccc(CCN2CCCC2C(C)N2CCc3cc(OC)c(OC)cc3CC2=O)cc1OC. The highest BCUT2D eigenvalue weighted by Crippen LogP contribution is 2.34. The molecule has 0 N–H and O–H groups in total. The fourth-order valence-electron chi connectivity index (χ4n) is 5.61. The van der Waals surface area contributed by atoms with Gasteiger partial charge in [0.2, 0.25) is 5.91 Å². The van der Waals surface area contributed by atoms with Crippen molar-refractivity contribution in [3.8, 4) is 23.0 Å². The molecule has 2 unspecified atom stereocenters. The normalized spacial score (nSPS) is 19.2. The Morgan fingerprint density at radius 1 is 0.886 bits per heavy atom. The summed E-state index contributed by atoms with van der Waals surface area (Å²) in [5.74, 6) is 3.10. The number of nitrogens with zero attached hydrogens (tertiary/aromatic N) is 2. The lowest BCUT2D eigenvalue weighted by Gasteiger charge is -2.37. The molecule has 1 saturated heterocycles. The summed E-state index contributed by atoms with van der Waals surface area (Å²) in [6.07, 6.45) is 4.44. The van der Waals surface area contributed by atoms with Crippen LogP contribution >= 0.6 is 0 Å². The van der Waals surface area contributed by atoms with Gasteiger partial charge < -0.3 is 23.8 Å². The third kappa shape index (κ3) is 5.35. The summed E-state index contributed by atoms with van der Waals surface area (Å²) in [6, 6.07) is 10.7. The molecule has 0 aliphatic carbocycles. The standard InChI is InChI=1S/C28H38N2O5/c1-19(30-14-11-21-16-26(34-4)27(35-5)17-22(21)18-28(30)31)23-7-6-12-29(23)13-10-20-8-9-24(32-2)25(15-20)33-3/h8-9,15-17,19,23H,6-7,10-14,18H2,1-5H3. The van der Waals surface area contributed by atoms with Gasteiger partial charge in [-0.3, -0.25) is 9.69 Å². The number of fused-ring (bicyclic) bond motifs is 1. The first-order chi connectivity index (χ1) is 17.0. The van der Waals surface area contributed by atoms with Gasteiger partial charge in [-0.15, -0.1) is 0 Å². The van der Waals surface area contributed by atoms with Crippen molar-refractivity contribution in [2.24, 2.45) is 0 Å². The number of carbonyl (C=O) groups excluding carboxylic acids is 1. The topological polar surface area (TPSA) is 60.5 Å². The Labute approximate surface area is 208 Å².